The topological polar surface area (TPSA) is 77.4 Å². The minimum Gasteiger partial charge on any atom is -0.394 e. The van der Waals surface area contributed by atoms with E-state index in [4.69, 9.17) is 24.4 Å². The maximum absolute atomic E-state index is 8.09. The first-order valence-electron chi connectivity index (χ1n) is 5.95. The van der Waals surface area contributed by atoms with Crippen molar-refractivity contribution < 1.29 is 29.2 Å². The highest BCUT2D eigenvalue weighted by molar-refractivity contribution is 4.65. The Morgan fingerprint density at radius 3 is 1.78 bits per heavy atom. The standard InChI is InChI=1S/C8H18O3.C4H10O3/c1-8(2,10-4)7-11-6-5-9-3;5-1-3-7-4-2-6/h5-7H2,1-4H3;5-6H,1-4H2. The Kier molecular flexibility index (Phi) is 16.5. The second-order valence-corrected chi connectivity index (χ2v) is 4.07. The fourth-order valence-electron chi connectivity index (χ4n) is 0.750. The molecule has 0 aromatic rings. The van der Waals surface area contributed by atoms with Gasteiger partial charge in [0, 0.05) is 14.2 Å². The summed E-state index contributed by atoms with van der Waals surface area (Å²) >= 11 is 0. The Morgan fingerprint density at radius 1 is 0.833 bits per heavy atom. The Labute approximate surface area is 110 Å². The normalized spacial score (nSPS) is 11.0. The summed E-state index contributed by atoms with van der Waals surface area (Å²) in [6, 6.07) is 0. The largest absolute Gasteiger partial charge is 0.394 e. The van der Waals surface area contributed by atoms with Crippen molar-refractivity contribution in [2.45, 2.75) is 19.4 Å². The molecule has 0 aliphatic carbocycles. The van der Waals surface area contributed by atoms with E-state index in [2.05, 4.69) is 4.74 Å². The molecule has 18 heavy (non-hydrogen) atoms. The van der Waals surface area contributed by atoms with Crippen molar-refractivity contribution in [1.29, 1.82) is 0 Å². The fourth-order valence-corrected chi connectivity index (χ4v) is 0.750. The summed E-state index contributed by atoms with van der Waals surface area (Å²) < 4.78 is 19.9. The van der Waals surface area contributed by atoms with Gasteiger partial charge in [0.2, 0.25) is 0 Å². The summed E-state index contributed by atoms with van der Waals surface area (Å²) in [5, 5.41) is 16.2. The molecular formula is C12H28O6. The van der Waals surface area contributed by atoms with E-state index in [-0.39, 0.29) is 18.8 Å². The summed E-state index contributed by atoms with van der Waals surface area (Å²) in [6.07, 6.45) is 0. The van der Waals surface area contributed by atoms with Gasteiger partial charge in [-0.1, -0.05) is 0 Å². The van der Waals surface area contributed by atoms with Crippen molar-refractivity contribution in [2.24, 2.45) is 0 Å². The Hall–Kier alpha value is -0.240. The van der Waals surface area contributed by atoms with Crippen LogP contribution in [0.2, 0.25) is 0 Å². The monoisotopic (exact) mass is 268 g/mol. The first-order chi connectivity index (χ1) is 8.54. The SMILES string of the molecule is COCCOCC(C)(C)OC.OCCOCCO. The average Bonchev–Trinajstić information content (AvgIpc) is 2.36. The van der Waals surface area contributed by atoms with E-state index in [1.54, 1.807) is 14.2 Å². The molecule has 0 aliphatic rings. The molecule has 0 spiro atoms. The van der Waals surface area contributed by atoms with Crippen LogP contribution in [0.25, 0.3) is 0 Å². The Morgan fingerprint density at radius 2 is 1.39 bits per heavy atom. The van der Waals surface area contributed by atoms with Crippen LogP contribution in [0.3, 0.4) is 0 Å². The lowest BCUT2D eigenvalue weighted by Gasteiger charge is -2.22. The third-order valence-corrected chi connectivity index (χ3v) is 1.91. The molecule has 0 saturated heterocycles. The summed E-state index contributed by atoms with van der Waals surface area (Å²) in [5.41, 5.74) is -0.187. The minimum atomic E-state index is -0.187. The van der Waals surface area contributed by atoms with Crippen molar-refractivity contribution in [2.75, 3.05) is 60.5 Å². The number of methoxy groups -OCH3 is 2. The molecule has 0 rings (SSSR count). The molecule has 2 N–H and O–H groups in total. The van der Waals surface area contributed by atoms with E-state index in [1.165, 1.54) is 0 Å². The third-order valence-electron chi connectivity index (χ3n) is 1.91. The molecule has 0 bridgehead atoms. The van der Waals surface area contributed by atoms with Crippen LogP contribution in [-0.2, 0) is 18.9 Å². The maximum Gasteiger partial charge on any atom is 0.0855 e. The highest BCUT2D eigenvalue weighted by Gasteiger charge is 2.15. The van der Waals surface area contributed by atoms with Gasteiger partial charge in [-0.25, -0.2) is 0 Å². The van der Waals surface area contributed by atoms with Crippen LogP contribution in [0.5, 0.6) is 0 Å². The van der Waals surface area contributed by atoms with Crippen LogP contribution in [0.4, 0.5) is 0 Å². The highest BCUT2D eigenvalue weighted by atomic mass is 16.5. The van der Waals surface area contributed by atoms with Crippen molar-refractivity contribution in [3.8, 4) is 0 Å². The fraction of sp³-hybridized carbons (Fsp3) is 1.00. The molecule has 0 saturated carbocycles. The summed E-state index contributed by atoms with van der Waals surface area (Å²) in [7, 11) is 3.34. The van der Waals surface area contributed by atoms with Gasteiger partial charge in [0.15, 0.2) is 0 Å². The zero-order valence-corrected chi connectivity index (χ0v) is 12.0. The van der Waals surface area contributed by atoms with Crippen LogP contribution < -0.4 is 0 Å². The Bertz CT molecular complexity index is 148. The molecule has 0 heterocycles. The molecule has 112 valence electrons. The maximum atomic E-state index is 8.09. The zero-order valence-electron chi connectivity index (χ0n) is 12.0. The van der Waals surface area contributed by atoms with Gasteiger partial charge in [0.25, 0.3) is 0 Å². The van der Waals surface area contributed by atoms with Gasteiger partial charge in [-0.05, 0) is 13.8 Å². The van der Waals surface area contributed by atoms with E-state index in [9.17, 15) is 0 Å². The lowest BCUT2D eigenvalue weighted by atomic mass is 10.1. The zero-order chi connectivity index (χ0) is 14.3. The first kappa shape index (κ1) is 20.1. The Balaban J connectivity index is 0. The van der Waals surface area contributed by atoms with Crippen molar-refractivity contribution in [3.05, 3.63) is 0 Å². The van der Waals surface area contributed by atoms with E-state index in [1.807, 2.05) is 13.8 Å². The molecule has 0 aromatic carbocycles. The average molecular weight is 268 g/mol. The second-order valence-electron chi connectivity index (χ2n) is 4.07. The van der Waals surface area contributed by atoms with Gasteiger partial charge in [-0.2, -0.15) is 0 Å². The van der Waals surface area contributed by atoms with E-state index < -0.39 is 0 Å². The van der Waals surface area contributed by atoms with Gasteiger partial charge < -0.3 is 29.2 Å². The third kappa shape index (κ3) is 18.1. The molecule has 0 atom stereocenters. The highest BCUT2D eigenvalue weighted by Crippen LogP contribution is 2.06. The summed E-state index contributed by atoms with van der Waals surface area (Å²) in [4.78, 5) is 0. The van der Waals surface area contributed by atoms with Crippen LogP contribution in [0, 0.1) is 0 Å². The molecule has 0 aliphatic heterocycles. The number of aliphatic hydroxyl groups is 2. The first-order valence-corrected chi connectivity index (χ1v) is 5.95. The minimum absolute atomic E-state index is 0.0278. The van der Waals surface area contributed by atoms with E-state index in [0.29, 0.717) is 33.0 Å². The quantitative estimate of drug-likeness (QED) is 0.546. The number of aliphatic hydroxyl groups excluding tert-OH is 2. The number of hydrogen-bond acceptors (Lipinski definition) is 6. The van der Waals surface area contributed by atoms with Crippen LogP contribution in [-0.4, -0.2) is 76.3 Å². The van der Waals surface area contributed by atoms with E-state index >= 15 is 0 Å². The van der Waals surface area contributed by atoms with Crippen LogP contribution >= 0.6 is 0 Å². The number of ether oxygens (including phenoxy) is 4. The van der Waals surface area contributed by atoms with Gasteiger partial charge >= 0.3 is 0 Å². The molecule has 0 fully saturated rings. The second kappa shape index (κ2) is 14.8. The van der Waals surface area contributed by atoms with Crippen LogP contribution in [0.15, 0.2) is 0 Å². The van der Waals surface area contributed by atoms with Gasteiger partial charge in [-0.3, -0.25) is 0 Å². The lowest BCUT2D eigenvalue weighted by Crippen LogP contribution is -2.29. The van der Waals surface area contributed by atoms with Crippen molar-refractivity contribution in [3.63, 3.8) is 0 Å². The van der Waals surface area contributed by atoms with Gasteiger partial charge in [0.05, 0.1) is 51.8 Å². The number of rotatable bonds is 10. The molecule has 0 unspecified atom stereocenters. The van der Waals surface area contributed by atoms with Crippen molar-refractivity contribution >= 4 is 0 Å². The molecule has 0 amide bonds. The lowest BCUT2D eigenvalue weighted by molar-refractivity contribution is -0.0584. The molecule has 6 nitrogen and oxygen atoms in total. The van der Waals surface area contributed by atoms with E-state index in [0.717, 1.165) is 0 Å². The van der Waals surface area contributed by atoms with Crippen LogP contribution in [0.1, 0.15) is 13.8 Å². The number of hydrogen-bond donors (Lipinski definition) is 2. The predicted octanol–water partition coefficient (Wildman–Crippen LogP) is 0.0620. The molecule has 0 aromatic heterocycles. The van der Waals surface area contributed by atoms with Crippen molar-refractivity contribution in [1.82, 2.24) is 0 Å². The van der Waals surface area contributed by atoms with Gasteiger partial charge in [0.1, 0.15) is 0 Å². The predicted molar refractivity (Wildman–Crippen MR) is 68.8 cm³/mol. The molecule has 6 heteroatoms. The summed E-state index contributed by atoms with van der Waals surface area (Å²) in [6.45, 7) is 6.54. The molecular weight excluding hydrogens is 240 g/mol. The summed E-state index contributed by atoms with van der Waals surface area (Å²) in [5.74, 6) is 0. The van der Waals surface area contributed by atoms with Gasteiger partial charge in [-0.15, -0.1) is 0 Å². The smallest absolute Gasteiger partial charge is 0.0855 e. The molecule has 0 radical (unpaired) electrons.